The van der Waals surface area contributed by atoms with Crippen molar-refractivity contribution in [3.05, 3.63) is 48.0 Å². The summed E-state index contributed by atoms with van der Waals surface area (Å²) in [5.41, 5.74) is 1.24. The lowest BCUT2D eigenvalue weighted by Gasteiger charge is -2.15. The lowest BCUT2D eigenvalue weighted by molar-refractivity contribution is 0.125. The van der Waals surface area contributed by atoms with E-state index in [1.54, 1.807) is 7.11 Å². The zero-order chi connectivity index (χ0) is 10.7. The van der Waals surface area contributed by atoms with Gasteiger partial charge in [-0.2, -0.15) is 0 Å². The van der Waals surface area contributed by atoms with Gasteiger partial charge in [0, 0.05) is 12.4 Å². The Morgan fingerprint density at radius 2 is 1.87 bits per heavy atom. The van der Waals surface area contributed by atoms with Gasteiger partial charge in [-0.15, -0.1) is 0 Å². The first-order valence-corrected chi connectivity index (χ1v) is 6.05. The minimum absolute atomic E-state index is 0.121. The minimum atomic E-state index is 0.121. The molecule has 0 amide bonds. The fourth-order valence-corrected chi connectivity index (χ4v) is 2.42. The van der Waals surface area contributed by atoms with Crippen molar-refractivity contribution in [2.45, 2.75) is 6.10 Å². The van der Waals surface area contributed by atoms with Crippen molar-refractivity contribution in [3.8, 4) is 0 Å². The number of hydrogen-bond acceptors (Lipinski definition) is 1. The molecule has 0 saturated heterocycles. The maximum Gasteiger partial charge on any atom is 0.0923 e. The maximum atomic E-state index is 5.45. The topological polar surface area (TPSA) is 9.23 Å². The smallest absolute Gasteiger partial charge is 0.0923 e. The van der Waals surface area contributed by atoms with Crippen LogP contribution < -0.4 is 0 Å². The molecule has 0 aliphatic heterocycles. The van der Waals surface area contributed by atoms with Gasteiger partial charge in [0.2, 0.25) is 0 Å². The van der Waals surface area contributed by atoms with Crippen molar-refractivity contribution < 1.29 is 4.74 Å². The molecule has 0 aliphatic rings. The highest BCUT2D eigenvalue weighted by atomic mass is 79.9. The number of alkyl halides is 1. The molecule has 1 unspecified atom stereocenters. The molecular formula is C13H13BrO. The molecule has 0 aliphatic carbocycles. The van der Waals surface area contributed by atoms with Crippen molar-refractivity contribution in [2.75, 3.05) is 12.4 Å². The summed E-state index contributed by atoms with van der Waals surface area (Å²) in [6, 6.07) is 14.7. The van der Waals surface area contributed by atoms with E-state index in [0.717, 1.165) is 5.33 Å². The number of rotatable bonds is 3. The van der Waals surface area contributed by atoms with E-state index in [4.69, 9.17) is 4.74 Å². The minimum Gasteiger partial charge on any atom is -0.376 e. The van der Waals surface area contributed by atoms with Crippen LogP contribution in [0.25, 0.3) is 10.8 Å². The second-order valence-corrected chi connectivity index (χ2v) is 4.09. The second kappa shape index (κ2) is 4.77. The van der Waals surface area contributed by atoms with E-state index in [1.807, 2.05) is 0 Å². The fraction of sp³-hybridized carbons (Fsp3) is 0.231. The van der Waals surface area contributed by atoms with Gasteiger partial charge < -0.3 is 4.74 Å². The number of benzene rings is 2. The van der Waals surface area contributed by atoms with Gasteiger partial charge in [0.25, 0.3) is 0 Å². The molecule has 0 aromatic heterocycles. The van der Waals surface area contributed by atoms with Crippen molar-refractivity contribution in [2.24, 2.45) is 0 Å². The van der Waals surface area contributed by atoms with E-state index in [9.17, 15) is 0 Å². The monoisotopic (exact) mass is 264 g/mol. The summed E-state index contributed by atoms with van der Waals surface area (Å²) >= 11 is 3.47. The average Bonchev–Trinajstić information content (AvgIpc) is 2.31. The molecule has 1 atom stereocenters. The van der Waals surface area contributed by atoms with E-state index in [2.05, 4.69) is 58.4 Å². The van der Waals surface area contributed by atoms with Crippen LogP contribution in [0.15, 0.2) is 42.5 Å². The summed E-state index contributed by atoms with van der Waals surface area (Å²) in [4.78, 5) is 0. The molecule has 2 heteroatoms. The van der Waals surface area contributed by atoms with Gasteiger partial charge in [-0.05, 0) is 16.3 Å². The first kappa shape index (κ1) is 10.7. The number of methoxy groups -OCH3 is 1. The Labute approximate surface area is 98.2 Å². The normalized spacial score (nSPS) is 12.9. The molecule has 15 heavy (non-hydrogen) atoms. The van der Waals surface area contributed by atoms with E-state index < -0.39 is 0 Å². The predicted octanol–water partition coefficient (Wildman–Crippen LogP) is 3.92. The summed E-state index contributed by atoms with van der Waals surface area (Å²) < 4.78 is 5.45. The van der Waals surface area contributed by atoms with Crippen LogP contribution in [0.2, 0.25) is 0 Å². The fourth-order valence-electron chi connectivity index (χ4n) is 1.80. The van der Waals surface area contributed by atoms with Crippen LogP contribution in [0.4, 0.5) is 0 Å². The first-order valence-electron chi connectivity index (χ1n) is 4.93. The molecule has 0 bridgehead atoms. The zero-order valence-corrected chi connectivity index (χ0v) is 10.2. The van der Waals surface area contributed by atoms with E-state index in [0.29, 0.717) is 0 Å². The molecule has 1 nitrogen and oxygen atoms in total. The molecule has 0 radical (unpaired) electrons. The van der Waals surface area contributed by atoms with Gasteiger partial charge in [0.05, 0.1) is 6.10 Å². The number of halogens is 1. The van der Waals surface area contributed by atoms with Gasteiger partial charge in [0.15, 0.2) is 0 Å². The van der Waals surface area contributed by atoms with Crippen LogP contribution in [0.3, 0.4) is 0 Å². The third-order valence-corrected chi connectivity index (χ3v) is 3.18. The number of hydrogen-bond donors (Lipinski definition) is 0. The van der Waals surface area contributed by atoms with Gasteiger partial charge in [0.1, 0.15) is 0 Å². The molecule has 0 spiro atoms. The Bertz CT molecular complexity index is 444. The third kappa shape index (κ3) is 2.06. The van der Waals surface area contributed by atoms with E-state index >= 15 is 0 Å². The van der Waals surface area contributed by atoms with Gasteiger partial charge in [-0.3, -0.25) is 0 Å². The lowest BCUT2D eigenvalue weighted by Crippen LogP contribution is -2.03. The molecule has 2 aromatic carbocycles. The van der Waals surface area contributed by atoms with Crippen LogP contribution >= 0.6 is 15.9 Å². The lowest BCUT2D eigenvalue weighted by atomic mass is 10.0. The Morgan fingerprint density at radius 3 is 2.60 bits per heavy atom. The SMILES string of the molecule is COC(CBr)c1cccc2ccccc12. The summed E-state index contributed by atoms with van der Waals surface area (Å²) in [7, 11) is 1.74. The molecule has 0 heterocycles. The van der Waals surface area contributed by atoms with Crippen molar-refractivity contribution in [3.63, 3.8) is 0 Å². The van der Waals surface area contributed by atoms with Crippen molar-refractivity contribution in [1.82, 2.24) is 0 Å². The average molecular weight is 265 g/mol. The van der Waals surface area contributed by atoms with E-state index in [-0.39, 0.29) is 6.10 Å². The Morgan fingerprint density at radius 1 is 1.13 bits per heavy atom. The predicted molar refractivity (Wildman–Crippen MR) is 67.5 cm³/mol. The van der Waals surface area contributed by atoms with Crippen LogP contribution in [0, 0.1) is 0 Å². The van der Waals surface area contributed by atoms with Crippen LogP contribution in [0.1, 0.15) is 11.7 Å². The standard InChI is InChI=1S/C13H13BrO/c1-15-13(9-14)12-8-4-6-10-5-2-3-7-11(10)12/h2-8,13H,9H2,1H3. The zero-order valence-electron chi connectivity index (χ0n) is 8.61. The molecule has 2 aromatic rings. The number of fused-ring (bicyclic) bond motifs is 1. The molecular weight excluding hydrogens is 252 g/mol. The molecule has 2 rings (SSSR count). The van der Waals surface area contributed by atoms with Gasteiger partial charge in [-0.25, -0.2) is 0 Å². The highest BCUT2D eigenvalue weighted by molar-refractivity contribution is 9.09. The van der Waals surface area contributed by atoms with Crippen LogP contribution in [0.5, 0.6) is 0 Å². The molecule has 0 fully saturated rings. The Kier molecular flexibility index (Phi) is 3.39. The Balaban J connectivity index is 2.59. The highest BCUT2D eigenvalue weighted by Crippen LogP contribution is 2.27. The molecule has 78 valence electrons. The molecule has 0 saturated carbocycles. The summed E-state index contributed by atoms with van der Waals surface area (Å²) in [6.45, 7) is 0. The second-order valence-electron chi connectivity index (χ2n) is 3.45. The number of ether oxygens (including phenoxy) is 1. The van der Waals surface area contributed by atoms with Crippen molar-refractivity contribution >= 4 is 26.7 Å². The van der Waals surface area contributed by atoms with Crippen LogP contribution in [-0.4, -0.2) is 12.4 Å². The first-order chi connectivity index (χ1) is 7.36. The molecule has 0 N–H and O–H groups in total. The third-order valence-electron chi connectivity index (χ3n) is 2.59. The van der Waals surface area contributed by atoms with Crippen LogP contribution in [-0.2, 0) is 4.74 Å². The van der Waals surface area contributed by atoms with Gasteiger partial charge >= 0.3 is 0 Å². The van der Waals surface area contributed by atoms with Crippen molar-refractivity contribution in [1.29, 1.82) is 0 Å². The quantitative estimate of drug-likeness (QED) is 0.764. The Hall–Kier alpha value is -0.860. The summed E-state index contributed by atoms with van der Waals surface area (Å²) in [5, 5.41) is 3.35. The van der Waals surface area contributed by atoms with E-state index in [1.165, 1.54) is 16.3 Å². The largest absolute Gasteiger partial charge is 0.376 e. The highest BCUT2D eigenvalue weighted by Gasteiger charge is 2.11. The summed E-state index contributed by atoms with van der Waals surface area (Å²) in [6.07, 6.45) is 0.121. The maximum absolute atomic E-state index is 5.45. The van der Waals surface area contributed by atoms with Gasteiger partial charge in [-0.1, -0.05) is 58.4 Å². The summed E-state index contributed by atoms with van der Waals surface area (Å²) in [5.74, 6) is 0.